The van der Waals surface area contributed by atoms with Crippen molar-refractivity contribution in [2.24, 2.45) is 0 Å². The lowest BCUT2D eigenvalue weighted by molar-refractivity contribution is 0.192. The number of ether oxygens (including phenoxy) is 1. The lowest BCUT2D eigenvalue weighted by Gasteiger charge is -2.07. The minimum absolute atomic E-state index is 0.588. The number of methoxy groups -OCH3 is 1. The first kappa shape index (κ1) is 13.7. The zero-order valence-electron chi connectivity index (χ0n) is 10.8. The smallest absolute Gasteiger partial charge is 0.135 e. The summed E-state index contributed by atoms with van der Waals surface area (Å²) in [6.07, 6.45) is 5.91. The van der Waals surface area contributed by atoms with E-state index in [-0.39, 0.29) is 0 Å². The van der Waals surface area contributed by atoms with Crippen LogP contribution in [-0.4, -0.2) is 30.2 Å². The molecule has 0 atom stereocenters. The van der Waals surface area contributed by atoms with Gasteiger partial charge in [-0.3, -0.25) is 0 Å². The van der Waals surface area contributed by atoms with E-state index >= 15 is 0 Å². The number of nitrogens with zero attached hydrogens (tertiary/aromatic N) is 2. The molecule has 1 aromatic heterocycles. The molecular formula is C13H20BrN3O. The molecule has 4 nitrogen and oxygen atoms in total. The number of hydrogen-bond donors (Lipinski definition) is 1. The molecule has 0 spiro atoms. The number of rotatable bonds is 8. The highest BCUT2D eigenvalue weighted by Crippen LogP contribution is 2.38. The summed E-state index contributed by atoms with van der Waals surface area (Å²) < 4.78 is 5.90. The van der Waals surface area contributed by atoms with E-state index < -0.39 is 0 Å². The van der Waals surface area contributed by atoms with Gasteiger partial charge in [-0.05, 0) is 48.0 Å². The van der Waals surface area contributed by atoms with Gasteiger partial charge in [-0.15, -0.1) is 0 Å². The maximum atomic E-state index is 5.02. The third kappa shape index (κ3) is 4.53. The van der Waals surface area contributed by atoms with E-state index in [1.165, 1.54) is 19.3 Å². The summed E-state index contributed by atoms with van der Waals surface area (Å²) in [5.41, 5.74) is 0. The Morgan fingerprint density at radius 1 is 1.33 bits per heavy atom. The van der Waals surface area contributed by atoms with Crippen molar-refractivity contribution in [3.8, 4) is 0 Å². The Morgan fingerprint density at radius 3 is 2.89 bits per heavy atom. The average Bonchev–Trinajstić information content (AvgIpc) is 3.17. The minimum Gasteiger partial charge on any atom is -0.385 e. The van der Waals surface area contributed by atoms with Crippen molar-refractivity contribution in [1.82, 2.24) is 9.97 Å². The van der Waals surface area contributed by atoms with Crippen molar-refractivity contribution in [2.75, 3.05) is 25.6 Å². The highest BCUT2D eigenvalue weighted by Gasteiger charge is 2.27. The molecule has 5 heteroatoms. The molecule has 1 saturated carbocycles. The molecule has 1 heterocycles. The molecule has 0 radical (unpaired) electrons. The van der Waals surface area contributed by atoms with Crippen LogP contribution in [0, 0.1) is 0 Å². The second kappa shape index (κ2) is 7.04. The second-order valence-electron chi connectivity index (χ2n) is 4.69. The van der Waals surface area contributed by atoms with Crippen LogP contribution in [0.3, 0.4) is 0 Å². The minimum atomic E-state index is 0.588. The number of unbranched alkanes of at least 4 members (excludes halogenated alkanes) is 2. The van der Waals surface area contributed by atoms with E-state index in [0.29, 0.717) is 5.92 Å². The van der Waals surface area contributed by atoms with Gasteiger partial charge in [0.15, 0.2) is 0 Å². The zero-order chi connectivity index (χ0) is 12.8. The van der Waals surface area contributed by atoms with Crippen molar-refractivity contribution in [2.45, 2.75) is 38.0 Å². The summed E-state index contributed by atoms with van der Waals surface area (Å²) in [6, 6.07) is 1.95. The van der Waals surface area contributed by atoms with Gasteiger partial charge in [0.05, 0.1) is 0 Å². The lowest BCUT2D eigenvalue weighted by Crippen LogP contribution is -2.06. The number of halogens is 1. The molecule has 0 unspecified atom stereocenters. The highest BCUT2D eigenvalue weighted by atomic mass is 79.9. The van der Waals surface area contributed by atoms with Crippen LogP contribution in [0.15, 0.2) is 10.7 Å². The molecule has 100 valence electrons. The number of aromatic nitrogens is 2. The number of nitrogens with one attached hydrogen (secondary N) is 1. The van der Waals surface area contributed by atoms with Crippen LogP contribution < -0.4 is 5.32 Å². The summed E-state index contributed by atoms with van der Waals surface area (Å²) in [5.74, 6) is 2.50. The highest BCUT2D eigenvalue weighted by molar-refractivity contribution is 9.10. The van der Waals surface area contributed by atoms with E-state index in [1.807, 2.05) is 6.07 Å². The van der Waals surface area contributed by atoms with Crippen LogP contribution in [0.2, 0.25) is 0 Å². The molecular weight excluding hydrogens is 294 g/mol. The quantitative estimate of drug-likeness (QED) is 0.590. The van der Waals surface area contributed by atoms with E-state index in [4.69, 9.17) is 4.74 Å². The first-order valence-corrected chi connectivity index (χ1v) is 7.36. The molecule has 0 aromatic carbocycles. The van der Waals surface area contributed by atoms with E-state index in [0.717, 1.165) is 42.2 Å². The van der Waals surface area contributed by atoms with Gasteiger partial charge in [-0.2, -0.15) is 0 Å². The molecule has 0 saturated heterocycles. The molecule has 1 aromatic rings. The van der Waals surface area contributed by atoms with Gasteiger partial charge in [0.25, 0.3) is 0 Å². The van der Waals surface area contributed by atoms with E-state index in [1.54, 1.807) is 7.11 Å². The monoisotopic (exact) mass is 313 g/mol. The van der Waals surface area contributed by atoms with Crippen molar-refractivity contribution in [3.63, 3.8) is 0 Å². The molecule has 1 fully saturated rings. The van der Waals surface area contributed by atoms with Gasteiger partial charge in [0.2, 0.25) is 0 Å². The molecule has 1 aliphatic rings. The Kier molecular flexibility index (Phi) is 5.38. The summed E-state index contributed by atoms with van der Waals surface area (Å²) in [4.78, 5) is 8.97. The van der Waals surface area contributed by atoms with Crippen molar-refractivity contribution >= 4 is 21.7 Å². The first-order valence-electron chi connectivity index (χ1n) is 6.57. The Balaban J connectivity index is 1.74. The Labute approximate surface area is 117 Å². The Morgan fingerprint density at radius 2 is 2.17 bits per heavy atom. The molecule has 2 rings (SSSR count). The zero-order valence-corrected chi connectivity index (χ0v) is 12.4. The summed E-state index contributed by atoms with van der Waals surface area (Å²) >= 11 is 3.44. The van der Waals surface area contributed by atoms with Gasteiger partial charge >= 0.3 is 0 Å². The third-order valence-corrected chi connectivity index (χ3v) is 3.39. The van der Waals surface area contributed by atoms with Gasteiger partial charge in [0, 0.05) is 32.2 Å². The maximum absolute atomic E-state index is 5.02. The molecule has 0 amide bonds. The molecule has 0 aliphatic heterocycles. The SMILES string of the molecule is COCCCCCNc1cc(Br)nc(C2CC2)n1. The lowest BCUT2D eigenvalue weighted by atomic mass is 10.2. The number of hydrogen-bond acceptors (Lipinski definition) is 4. The third-order valence-electron chi connectivity index (χ3n) is 2.99. The van der Waals surface area contributed by atoms with Gasteiger partial charge in [0.1, 0.15) is 16.2 Å². The van der Waals surface area contributed by atoms with Gasteiger partial charge < -0.3 is 10.1 Å². The summed E-state index contributed by atoms with van der Waals surface area (Å²) in [6.45, 7) is 1.81. The normalized spacial score (nSPS) is 14.8. The van der Waals surface area contributed by atoms with Crippen LogP contribution in [-0.2, 0) is 4.74 Å². The van der Waals surface area contributed by atoms with Gasteiger partial charge in [-0.1, -0.05) is 0 Å². The van der Waals surface area contributed by atoms with Crippen LogP contribution >= 0.6 is 15.9 Å². The molecule has 1 N–H and O–H groups in total. The maximum Gasteiger partial charge on any atom is 0.135 e. The average molecular weight is 314 g/mol. The summed E-state index contributed by atoms with van der Waals surface area (Å²) in [5, 5.41) is 3.36. The van der Waals surface area contributed by atoms with Crippen LogP contribution in [0.5, 0.6) is 0 Å². The fraction of sp³-hybridized carbons (Fsp3) is 0.692. The van der Waals surface area contributed by atoms with Crippen LogP contribution in [0.4, 0.5) is 5.82 Å². The van der Waals surface area contributed by atoms with Crippen LogP contribution in [0.1, 0.15) is 43.8 Å². The van der Waals surface area contributed by atoms with Crippen molar-refractivity contribution < 1.29 is 4.74 Å². The first-order chi connectivity index (χ1) is 8.79. The van der Waals surface area contributed by atoms with E-state index in [9.17, 15) is 0 Å². The second-order valence-corrected chi connectivity index (χ2v) is 5.50. The number of anilines is 1. The van der Waals surface area contributed by atoms with Gasteiger partial charge in [-0.25, -0.2) is 9.97 Å². The Hall–Kier alpha value is -0.680. The molecule has 1 aliphatic carbocycles. The topological polar surface area (TPSA) is 47.0 Å². The predicted molar refractivity (Wildman–Crippen MR) is 75.9 cm³/mol. The summed E-state index contributed by atoms with van der Waals surface area (Å²) in [7, 11) is 1.75. The molecule has 18 heavy (non-hydrogen) atoms. The Bertz CT molecular complexity index is 382. The fourth-order valence-electron chi connectivity index (χ4n) is 1.81. The van der Waals surface area contributed by atoms with Crippen LogP contribution in [0.25, 0.3) is 0 Å². The largest absolute Gasteiger partial charge is 0.385 e. The van der Waals surface area contributed by atoms with E-state index in [2.05, 4.69) is 31.2 Å². The standard InChI is InChI=1S/C13H20BrN3O/c1-18-8-4-2-3-7-15-12-9-11(14)16-13(17-12)10-5-6-10/h9-10H,2-8H2,1H3,(H,15,16,17). The fourth-order valence-corrected chi connectivity index (χ4v) is 2.21. The predicted octanol–water partition coefficient (Wildman–Crippen LogP) is 3.35. The molecule has 0 bridgehead atoms. The van der Waals surface area contributed by atoms with Crippen molar-refractivity contribution in [3.05, 3.63) is 16.5 Å². The van der Waals surface area contributed by atoms with Crippen molar-refractivity contribution in [1.29, 1.82) is 0 Å².